The molecule has 1 heterocycles. The van der Waals surface area contributed by atoms with Crippen molar-refractivity contribution >= 4 is 11.8 Å². The number of hydrogen-bond acceptors (Lipinski definition) is 5. The highest BCUT2D eigenvalue weighted by molar-refractivity contribution is 5.94. The molecule has 0 aliphatic carbocycles. The van der Waals surface area contributed by atoms with Crippen LogP contribution >= 0.6 is 0 Å². The summed E-state index contributed by atoms with van der Waals surface area (Å²) >= 11 is 0. The maximum Gasteiger partial charge on any atom is 0.342 e. The summed E-state index contributed by atoms with van der Waals surface area (Å²) in [7, 11) is 1.53. The highest BCUT2D eigenvalue weighted by atomic mass is 16.5. The van der Waals surface area contributed by atoms with E-state index >= 15 is 0 Å². The number of aromatic nitrogens is 2. The number of para-hydroxylation sites is 1. The van der Waals surface area contributed by atoms with Crippen molar-refractivity contribution in [2.75, 3.05) is 7.11 Å². The zero-order valence-electron chi connectivity index (χ0n) is 16.4. The van der Waals surface area contributed by atoms with E-state index in [0.717, 1.165) is 5.69 Å². The first-order valence-electron chi connectivity index (χ1n) is 8.89. The Hall–Kier alpha value is -3.41. The van der Waals surface area contributed by atoms with Gasteiger partial charge in [0.1, 0.15) is 17.9 Å². The van der Waals surface area contributed by atoms with Crippen molar-refractivity contribution in [3.8, 4) is 11.4 Å². The Balaban J connectivity index is 1.84. The molecule has 0 N–H and O–H groups in total. The maximum atomic E-state index is 12.7. The van der Waals surface area contributed by atoms with E-state index in [1.54, 1.807) is 29.8 Å². The molecule has 0 fully saturated rings. The fourth-order valence-electron chi connectivity index (χ4n) is 3.08. The molecule has 0 amide bonds. The van der Waals surface area contributed by atoms with Gasteiger partial charge >= 0.3 is 5.97 Å². The summed E-state index contributed by atoms with van der Waals surface area (Å²) in [6.45, 7) is 5.10. The second kappa shape index (κ2) is 8.08. The van der Waals surface area contributed by atoms with Crippen LogP contribution in [0.1, 0.15) is 44.6 Å². The topological polar surface area (TPSA) is 70.4 Å². The van der Waals surface area contributed by atoms with Crippen molar-refractivity contribution in [1.29, 1.82) is 0 Å². The van der Waals surface area contributed by atoms with Crippen molar-refractivity contribution in [2.24, 2.45) is 0 Å². The fraction of sp³-hybridized carbons (Fsp3) is 0.227. The van der Waals surface area contributed by atoms with Gasteiger partial charge in [-0.3, -0.25) is 4.79 Å². The number of benzene rings is 2. The van der Waals surface area contributed by atoms with E-state index in [0.29, 0.717) is 33.8 Å². The fourth-order valence-corrected chi connectivity index (χ4v) is 3.08. The molecule has 0 aliphatic heterocycles. The number of nitrogens with zero attached hydrogens (tertiary/aromatic N) is 2. The molecule has 3 aromatic rings. The minimum atomic E-state index is -0.465. The average molecular weight is 378 g/mol. The number of ether oxygens (including phenoxy) is 2. The van der Waals surface area contributed by atoms with Crippen LogP contribution in [-0.2, 0) is 11.3 Å². The van der Waals surface area contributed by atoms with Crippen LogP contribution in [0.4, 0.5) is 0 Å². The van der Waals surface area contributed by atoms with E-state index in [-0.39, 0.29) is 12.4 Å². The summed E-state index contributed by atoms with van der Waals surface area (Å²) in [5.74, 6) is 0.0322. The number of ketones is 1. The van der Waals surface area contributed by atoms with Gasteiger partial charge in [0.25, 0.3) is 0 Å². The quantitative estimate of drug-likeness (QED) is 0.478. The first-order chi connectivity index (χ1) is 13.4. The highest BCUT2D eigenvalue weighted by Crippen LogP contribution is 2.23. The molecule has 1 aromatic heterocycles. The number of hydrogen-bond donors (Lipinski definition) is 0. The molecule has 0 saturated carbocycles. The van der Waals surface area contributed by atoms with Gasteiger partial charge in [-0.1, -0.05) is 18.2 Å². The van der Waals surface area contributed by atoms with Crippen LogP contribution < -0.4 is 4.74 Å². The number of carbonyl (C=O) groups is 2. The van der Waals surface area contributed by atoms with E-state index in [4.69, 9.17) is 9.47 Å². The molecule has 0 bridgehead atoms. The third kappa shape index (κ3) is 3.81. The van der Waals surface area contributed by atoms with Crippen molar-refractivity contribution in [3.05, 3.63) is 76.6 Å². The number of aryl methyl sites for hydroxylation is 1. The number of Topliss-reactive ketones (excluding diaryl/α,β-unsaturated/α-hetero) is 1. The smallest absolute Gasteiger partial charge is 0.342 e. The first kappa shape index (κ1) is 19.4. The number of carbonyl (C=O) groups excluding carboxylic acids is 2. The van der Waals surface area contributed by atoms with Crippen molar-refractivity contribution < 1.29 is 19.1 Å². The van der Waals surface area contributed by atoms with Gasteiger partial charge in [-0.2, -0.15) is 5.10 Å². The van der Waals surface area contributed by atoms with E-state index in [1.807, 2.05) is 37.3 Å². The van der Waals surface area contributed by atoms with Gasteiger partial charge in [-0.05, 0) is 51.1 Å². The largest absolute Gasteiger partial charge is 0.496 e. The minimum absolute atomic E-state index is 0.00146. The third-order valence-corrected chi connectivity index (χ3v) is 4.54. The monoisotopic (exact) mass is 378 g/mol. The lowest BCUT2D eigenvalue weighted by Gasteiger charge is -2.11. The standard InChI is InChI=1S/C22H22N2O4/c1-14-21(15(2)24(23-14)19-8-6-5-7-9-19)22(26)28-13-18-12-17(16(3)25)10-11-20(18)27-4/h5-12H,13H2,1-4H3. The van der Waals surface area contributed by atoms with Gasteiger partial charge in [0.05, 0.1) is 24.2 Å². The molecule has 0 atom stereocenters. The summed E-state index contributed by atoms with van der Waals surface area (Å²) < 4.78 is 12.6. The summed E-state index contributed by atoms with van der Waals surface area (Å²) in [5.41, 5.74) is 3.78. The molecule has 28 heavy (non-hydrogen) atoms. The van der Waals surface area contributed by atoms with E-state index in [1.165, 1.54) is 14.0 Å². The van der Waals surface area contributed by atoms with Gasteiger partial charge in [0, 0.05) is 11.1 Å². The Kier molecular flexibility index (Phi) is 5.59. The van der Waals surface area contributed by atoms with Gasteiger partial charge in [-0.25, -0.2) is 9.48 Å². The normalized spacial score (nSPS) is 10.6. The van der Waals surface area contributed by atoms with Crippen LogP contribution in [0.3, 0.4) is 0 Å². The average Bonchev–Trinajstić information content (AvgIpc) is 3.00. The molecule has 3 rings (SSSR count). The second-order valence-electron chi connectivity index (χ2n) is 6.45. The van der Waals surface area contributed by atoms with Crippen molar-refractivity contribution in [3.63, 3.8) is 0 Å². The molecule has 0 unspecified atom stereocenters. The van der Waals surface area contributed by atoms with Crippen LogP contribution in [0.5, 0.6) is 5.75 Å². The molecule has 0 radical (unpaired) electrons. The lowest BCUT2D eigenvalue weighted by Crippen LogP contribution is -2.09. The molecule has 6 nitrogen and oxygen atoms in total. The molecule has 0 spiro atoms. The first-order valence-corrected chi connectivity index (χ1v) is 8.89. The molecular formula is C22H22N2O4. The van der Waals surface area contributed by atoms with E-state index in [2.05, 4.69) is 5.10 Å². The Bertz CT molecular complexity index is 1020. The van der Waals surface area contributed by atoms with Gasteiger partial charge in [0.2, 0.25) is 0 Å². The van der Waals surface area contributed by atoms with Crippen LogP contribution in [-0.4, -0.2) is 28.6 Å². The lowest BCUT2D eigenvalue weighted by molar-refractivity contribution is 0.0468. The zero-order valence-corrected chi connectivity index (χ0v) is 16.4. The van der Waals surface area contributed by atoms with Crippen LogP contribution in [0, 0.1) is 13.8 Å². The molecule has 0 saturated heterocycles. The predicted octanol–water partition coefficient (Wildman–Crippen LogP) is 4.06. The lowest BCUT2D eigenvalue weighted by atomic mass is 10.1. The Morgan fingerprint density at radius 2 is 1.79 bits per heavy atom. The Labute approximate surface area is 163 Å². The predicted molar refractivity (Wildman–Crippen MR) is 105 cm³/mol. The molecule has 0 aliphatic rings. The van der Waals surface area contributed by atoms with Gasteiger partial charge in [-0.15, -0.1) is 0 Å². The highest BCUT2D eigenvalue weighted by Gasteiger charge is 2.21. The maximum absolute atomic E-state index is 12.7. The Morgan fingerprint density at radius 3 is 2.43 bits per heavy atom. The molecule has 6 heteroatoms. The molecule has 2 aromatic carbocycles. The van der Waals surface area contributed by atoms with E-state index in [9.17, 15) is 9.59 Å². The summed E-state index contributed by atoms with van der Waals surface area (Å²) in [5, 5.41) is 4.47. The summed E-state index contributed by atoms with van der Waals surface area (Å²) in [6, 6.07) is 14.7. The molecular weight excluding hydrogens is 356 g/mol. The van der Waals surface area contributed by atoms with Gasteiger partial charge in [0.15, 0.2) is 5.78 Å². The second-order valence-corrected chi connectivity index (χ2v) is 6.45. The van der Waals surface area contributed by atoms with Crippen LogP contribution in [0.25, 0.3) is 5.69 Å². The van der Waals surface area contributed by atoms with Gasteiger partial charge < -0.3 is 9.47 Å². The minimum Gasteiger partial charge on any atom is -0.496 e. The Morgan fingerprint density at radius 1 is 1.07 bits per heavy atom. The SMILES string of the molecule is COc1ccc(C(C)=O)cc1COC(=O)c1c(C)nn(-c2ccccc2)c1C. The number of methoxy groups -OCH3 is 1. The number of esters is 1. The summed E-state index contributed by atoms with van der Waals surface area (Å²) in [4.78, 5) is 24.4. The van der Waals surface area contributed by atoms with Crippen molar-refractivity contribution in [2.45, 2.75) is 27.4 Å². The zero-order chi connectivity index (χ0) is 20.3. The van der Waals surface area contributed by atoms with E-state index < -0.39 is 5.97 Å². The third-order valence-electron chi connectivity index (χ3n) is 4.54. The van der Waals surface area contributed by atoms with Crippen molar-refractivity contribution in [1.82, 2.24) is 9.78 Å². The van der Waals surface area contributed by atoms with Crippen LogP contribution in [0.2, 0.25) is 0 Å². The summed E-state index contributed by atoms with van der Waals surface area (Å²) in [6.07, 6.45) is 0. The number of rotatable bonds is 6. The molecule has 144 valence electrons. The van der Waals surface area contributed by atoms with Crippen LogP contribution in [0.15, 0.2) is 48.5 Å².